The minimum absolute atomic E-state index is 0.0205. The second kappa shape index (κ2) is 9.54. The lowest BCUT2D eigenvalue weighted by Crippen LogP contribution is -2.51. The van der Waals surface area contributed by atoms with Crippen molar-refractivity contribution in [3.05, 3.63) is 48.5 Å². The van der Waals surface area contributed by atoms with Crippen LogP contribution in [-0.2, 0) is 19.4 Å². The van der Waals surface area contributed by atoms with Gasteiger partial charge in [-0.25, -0.2) is 18.3 Å². The summed E-state index contributed by atoms with van der Waals surface area (Å²) in [5.41, 5.74) is 0. The number of alkyl carbamates (subject to hydrolysis) is 1. The first-order valence-electron chi connectivity index (χ1n) is 9.19. The number of ether oxygens (including phenoxy) is 3. The lowest BCUT2D eigenvalue weighted by atomic mass is 10.1. The highest BCUT2D eigenvalue weighted by molar-refractivity contribution is 7.91. The number of cyclic esters (lactones) is 1. The first-order valence-corrected chi connectivity index (χ1v) is 10.8. The van der Waals surface area contributed by atoms with Crippen LogP contribution < -0.4 is 14.8 Å². The average Bonchev–Trinajstić information content (AvgIpc) is 3.18. The van der Waals surface area contributed by atoms with Crippen LogP contribution in [0.3, 0.4) is 0 Å². The van der Waals surface area contributed by atoms with Gasteiger partial charge in [-0.1, -0.05) is 0 Å². The Kier molecular flexibility index (Phi) is 6.98. The fourth-order valence-corrected chi connectivity index (χ4v) is 4.52. The van der Waals surface area contributed by atoms with Gasteiger partial charge in [-0.05, 0) is 48.5 Å². The lowest BCUT2D eigenvalue weighted by Gasteiger charge is -2.26. The van der Waals surface area contributed by atoms with E-state index >= 15 is 0 Å². The van der Waals surface area contributed by atoms with Crippen LogP contribution in [0, 0.1) is 0 Å². The Balaban J connectivity index is 1.69. The molecule has 1 aliphatic heterocycles. The van der Waals surface area contributed by atoms with E-state index in [-0.39, 0.29) is 34.5 Å². The molecule has 1 unspecified atom stereocenters. The first kappa shape index (κ1) is 24.1. The summed E-state index contributed by atoms with van der Waals surface area (Å²) in [6.07, 6.45) is -5.61. The SMILES string of the molecule is O=CN(O)C(CS(=O)(=O)c1ccc(Oc2ccc(OC(F)(F)F)cc2)cc1)[C@H]1COC(=O)N1. The molecule has 1 fully saturated rings. The number of benzene rings is 2. The number of hydrogen-bond donors (Lipinski definition) is 2. The third-order valence-corrected chi connectivity index (χ3v) is 6.25. The van der Waals surface area contributed by atoms with Crippen molar-refractivity contribution >= 4 is 22.3 Å². The molecule has 2 atom stereocenters. The fourth-order valence-electron chi connectivity index (χ4n) is 2.94. The van der Waals surface area contributed by atoms with E-state index in [2.05, 4.69) is 14.8 Å². The van der Waals surface area contributed by atoms with Gasteiger partial charge in [-0.3, -0.25) is 10.0 Å². The Morgan fingerprint density at radius 3 is 2.15 bits per heavy atom. The number of carbonyl (C=O) groups excluding carboxylic acids is 2. The number of nitrogens with one attached hydrogen (secondary N) is 1. The highest BCUT2D eigenvalue weighted by Crippen LogP contribution is 2.28. The molecule has 0 bridgehead atoms. The number of hydrogen-bond acceptors (Lipinski definition) is 8. The van der Waals surface area contributed by atoms with E-state index < -0.39 is 45.9 Å². The fraction of sp³-hybridized carbons (Fsp3) is 0.263. The maximum absolute atomic E-state index is 12.8. The van der Waals surface area contributed by atoms with Gasteiger partial charge in [0.1, 0.15) is 23.9 Å². The molecule has 0 radical (unpaired) electrons. The van der Waals surface area contributed by atoms with Gasteiger partial charge in [0.25, 0.3) is 0 Å². The van der Waals surface area contributed by atoms with Gasteiger partial charge in [0.15, 0.2) is 9.84 Å². The van der Waals surface area contributed by atoms with Crippen LogP contribution in [0.15, 0.2) is 53.4 Å². The summed E-state index contributed by atoms with van der Waals surface area (Å²) in [5, 5.41) is 12.2. The van der Waals surface area contributed by atoms with Crippen molar-refractivity contribution < 1.29 is 50.6 Å². The highest BCUT2D eigenvalue weighted by Gasteiger charge is 2.37. The third kappa shape index (κ3) is 6.49. The maximum Gasteiger partial charge on any atom is 0.573 e. The van der Waals surface area contributed by atoms with Crippen molar-refractivity contribution in [1.29, 1.82) is 0 Å². The second-order valence-electron chi connectivity index (χ2n) is 6.78. The Morgan fingerprint density at radius 2 is 1.67 bits per heavy atom. The number of halogens is 3. The Hall–Kier alpha value is -3.52. The molecular formula is C19H17F3N2O8S. The average molecular weight is 490 g/mol. The molecule has 2 aromatic rings. The molecule has 2 amide bonds. The number of nitrogens with zero attached hydrogens (tertiary/aromatic N) is 1. The van der Waals surface area contributed by atoms with Crippen LogP contribution in [-0.4, -0.2) is 62.0 Å². The smallest absolute Gasteiger partial charge is 0.457 e. The van der Waals surface area contributed by atoms with Gasteiger partial charge in [-0.2, -0.15) is 0 Å². The van der Waals surface area contributed by atoms with Crippen LogP contribution in [0.2, 0.25) is 0 Å². The molecule has 2 aromatic carbocycles. The van der Waals surface area contributed by atoms with Crippen LogP contribution in [0.1, 0.15) is 0 Å². The molecule has 33 heavy (non-hydrogen) atoms. The van der Waals surface area contributed by atoms with Crippen molar-refractivity contribution in [3.63, 3.8) is 0 Å². The monoisotopic (exact) mass is 490 g/mol. The Labute approximate surface area is 185 Å². The molecule has 1 heterocycles. The van der Waals surface area contributed by atoms with Crippen LogP contribution in [0.25, 0.3) is 0 Å². The molecule has 0 aliphatic carbocycles. The summed E-state index contributed by atoms with van der Waals surface area (Å²) in [7, 11) is -4.03. The van der Waals surface area contributed by atoms with Gasteiger partial charge in [0, 0.05) is 0 Å². The summed E-state index contributed by atoms with van der Waals surface area (Å²) in [4.78, 5) is 22.0. The van der Waals surface area contributed by atoms with E-state index in [1.807, 2.05) is 0 Å². The number of rotatable bonds is 9. The molecule has 0 aromatic heterocycles. The summed E-state index contributed by atoms with van der Waals surface area (Å²) in [5.74, 6) is -0.762. The van der Waals surface area contributed by atoms with Gasteiger partial charge in [0.05, 0.1) is 22.7 Å². The largest absolute Gasteiger partial charge is 0.573 e. The van der Waals surface area contributed by atoms with Crippen LogP contribution in [0.4, 0.5) is 18.0 Å². The van der Waals surface area contributed by atoms with Crippen molar-refractivity contribution in [3.8, 4) is 17.2 Å². The zero-order chi connectivity index (χ0) is 24.2. The van der Waals surface area contributed by atoms with Crippen LogP contribution in [0.5, 0.6) is 17.2 Å². The highest BCUT2D eigenvalue weighted by atomic mass is 32.2. The quantitative estimate of drug-likeness (QED) is 0.311. The number of amides is 2. The third-order valence-electron chi connectivity index (χ3n) is 4.48. The van der Waals surface area contributed by atoms with E-state index in [0.29, 0.717) is 0 Å². The lowest BCUT2D eigenvalue weighted by molar-refractivity contribution is -0.274. The number of hydroxylamine groups is 2. The van der Waals surface area contributed by atoms with Crippen LogP contribution >= 0.6 is 0 Å². The first-order chi connectivity index (χ1) is 15.5. The number of carbonyl (C=O) groups is 2. The normalized spacial score (nSPS) is 17.0. The van der Waals surface area contributed by atoms with Gasteiger partial charge < -0.3 is 19.5 Å². The second-order valence-corrected chi connectivity index (χ2v) is 8.81. The van der Waals surface area contributed by atoms with Gasteiger partial charge in [-0.15, -0.1) is 13.2 Å². The molecule has 0 spiro atoms. The Bertz CT molecular complexity index is 1090. The minimum Gasteiger partial charge on any atom is -0.457 e. The summed E-state index contributed by atoms with van der Waals surface area (Å²) < 4.78 is 76.1. The molecule has 3 rings (SSSR count). The topological polar surface area (TPSA) is 131 Å². The van der Waals surface area contributed by atoms with E-state index in [0.717, 1.165) is 12.1 Å². The molecular weight excluding hydrogens is 473 g/mol. The van der Waals surface area contributed by atoms with Crippen molar-refractivity contribution in [1.82, 2.24) is 10.4 Å². The number of sulfone groups is 1. The summed E-state index contributed by atoms with van der Waals surface area (Å²) in [6.45, 7) is -0.233. The molecule has 2 N–H and O–H groups in total. The molecule has 0 saturated carbocycles. The standard InChI is InChI=1S/C19H17F3N2O8S/c20-19(21,22)32-14-3-1-12(2-4-14)31-13-5-7-15(8-6-13)33(28,29)10-17(24(27)11-25)16-9-30-18(26)23-16/h1-8,11,16-17,27H,9-10H2,(H,23,26)/t16-,17?/m1/s1. The van der Waals surface area contributed by atoms with Crippen molar-refractivity contribution in [2.24, 2.45) is 0 Å². The van der Waals surface area contributed by atoms with Gasteiger partial charge >= 0.3 is 12.5 Å². The Morgan fingerprint density at radius 1 is 1.12 bits per heavy atom. The van der Waals surface area contributed by atoms with Crippen molar-refractivity contribution in [2.45, 2.75) is 23.3 Å². The zero-order valence-electron chi connectivity index (χ0n) is 16.6. The number of alkyl halides is 3. The summed E-state index contributed by atoms with van der Waals surface area (Å²) in [6, 6.07) is 7.43. The molecule has 14 heteroatoms. The van der Waals surface area contributed by atoms with E-state index in [1.54, 1.807) is 0 Å². The minimum atomic E-state index is -4.82. The maximum atomic E-state index is 12.8. The van der Waals surface area contributed by atoms with E-state index in [9.17, 15) is 36.4 Å². The zero-order valence-corrected chi connectivity index (χ0v) is 17.4. The molecule has 10 nitrogen and oxygen atoms in total. The molecule has 178 valence electrons. The van der Waals surface area contributed by atoms with E-state index in [4.69, 9.17) is 4.74 Å². The molecule has 1 aliphatic rings. The van der Waals surface area contributed by atoms with Gasteiger partial charge in [0.2, 0.25) is 6.41 Å². The molecule has 1 saturated heterocycles. The van der Waals surface area contributed by atoms with Crippen molar-refractivity contribution in [2.75, 3.05) is 12.4 Å². The predicted molar refractivity (Wildman–Crippen MR) is 103 cm³/mol. The summed E-state index contributed by atoms with van der Waals surface area (Å²) >= 11 is 0. The predicted octanol–water partition coefficient (Wildman–Crippen LogP) is 2.48. The van der Waals surface area contributed by atoms with E-state index in [1.165, 1.54) is 36.4 Å².